The van der Waals surface area contributed by atoms with E-state index in [1.54, 1.807) is 6.07 Å². The zero-order valence-electron chi connectivity index (χ0n) is 25.7. The van der Waals surface area contributed by atoms with Crippen molar-refractivity contribution in [1.29, 1.82) is 0 Å². The van der Waals surface area contributed by atoms with E-state index in [1.165, 1.54) is 49.7 Å². The fourth-order valence-corrected chi connectivity index (χ4v) is 4.39. The third-order valence-electron chi connectivity index (χ3n) is 6.74. The Balaban J connectivity index is 2.12. The minimum atomic E-state index is -0.531. The Kier molecular flexibility index (Phi) is 16.6. The van der Waals surface area contributed by atoms with Crippen molar-refractivity contribution < 1.29 is 18.6 Å². The quantitative estimate of drug-likeness (QED) is 0.0876. The van der Waals surface area contributed by atoms with Crippen LogP contribution in [-0.2, 0) is 0 Å². The summed E-state index contributed by atoms with van der Waals surface area (Å²) in [4.78, 5) is 13.0. The number of hydrogen-bond acceptors (Lipinski definition) is 5. The third kappa shape index (κ3) is 12.9. The summed E-state index contributed by atoms with van der Waals surface area (Å²) in [6, 6.07) is 5.55. The van der Waals surface area contributed by atoms with Gasteiger partial charge in [0, 0.05) is 6.07 Å². The molecule has 0 unspecified atom stereocenters. The van der Waals surface area contributed by atoms with Crippen molar-refractivity contribution in [2.75, 3.05) is 19.8 Å². The normalized spacial score (nSPS) is 11.8. The molecular formula is C35H52O5. The van der Waals surface area contributed by atoms with Crippen LogP contribution in [0.2, 0.25) is 0 Å². The lowest BCUT2D eigenvalue weighted by molar-refractivity contribution is 0.269. The van der Waals surface area contributed by atoms with Crippen LogP contribution in [0, 0.1) is 0 Å². The number of unbranched alkanes of at least 4 members (excludes halogenated alkanes) is 7. The summed E-state index contributed by atoms with van der Waals surface area (Å²) in [6.45, 7) is 12.0. The van der Waals surface area contributed by atoms with E-state index in [2.05, 4.69) is 52.8 Å². The number of rotatable bonds is 21. The van der Waals surface area contributed by atoms with Gasteiger partial charge in [-0.3, -0.25) is 0 Å². The van der Waals surface area contributed by atoms with Gasteiger partial charge in [-0.25, -0.2) is 4.79 Å². The van der Waals surface area contributed by atoms with E-state index in [4.69, 9.17) is 18.6 Å². The van der Waals surface area contributed by atoms with Crippen molar-refractivity contribution >= 4 is 11.0 Å². The number of fused-ring (bicyclic) bond motifs is 1. The summed E-state index contributed by atoms with van der Waals surface area (Å²) in [5.41, 5.74) is 2.45. The first kappa shape index (κ1) is 33.3. The largest absolute Gasteiger partial charge is 0.493 e. The molecule has 0 aliphatic heterocycles. The minimum Gasteiger partial charge on any atom is -0.493 e. The topological polar surface area (TPSA) is 57.9 Å². The highest BCUT2D eigenvalue weighted by atomic mass is 16.5. The van der Waals surface area contributed by atoms with Gasteiger partial charge in [-0.2, -0.15) is 0 Å². The second-order valence-corrected chi connectivity index (χ2v) is 10.7. The Morgan fingerprint density at radius 1 is 0.800 bits per heavy atom. The van der Waals surface area contributed by atoms with E-state index in [0.717, 1.165) is 43.9 Å². The van der Waals surface area contributed by atoms with E-state index in [0.29, 0.717) is 30.3 Å². The lowest BCUT2D eigenvalue weighted by Crippen LogP contribution is -2.11. The summed E-state index contributed by atoms with van der Waals surface area (Å²) in [5, 5.41) is 0.719. The molecule has 1 aromatic heterocycles. The first-order valence-corrected chi connectivity index (χ1v) is 15.4. The molecule has 0 saturated heterocycles. The average Bonchev–Trinajstić information content (AvgIpc) is 2.92. The van der Waals surface area contributed by atoms with Crippen LogP contribution in [0.15, 0.2) is 62.9 Å². The number of allylic oxidation sites excluding steroid dienone is 4. The minimum absolute atomic E-state index is 0.138. The van der Waals surface area contributed by atoms with Gasteiger partial charge in [-0.05, 0) is 71.1 Å². The zero-order valence-corrected chi connectivity index (χ0v) is 25.7. The molecule has 2 rings (SSSR count). The molecule has 0 N–H and O–H groups in total. The molecule has 0 spiro atoms. The van der Waals surface area contributed by atoms with Crippen LogP contribution in [0.3, 0.4) is 0 Å². The van der Waals surface area contributed by atoms with E-state index in [9.17, 15) is 4.79 Å². The number of ether oxygens (including phenoxy) is 3. The molecule has 0 aliphatic rings. The lowest BCUT2D eigenvalue weighted by atomic mass is 10.1. The maximum Gasteiger partial charge on any atom is 0.383 e. The van der Waals surface area contributed by atoms with Crippen molar-refractivity contribution in [2.24, 2.45) is 0 Å². The molecule has 0 aliphatic carbocycles. The Bertz CT molecular complexity index is 1130. The maximum absolute atomic E-state index is 13.0. The van der Waals surface area contributed by atoms with Crippen molar-refractivity contribution in [3.63, 3.8) is 0 Å². The van der Waals surface area contributed by atoms with E-state index in [-0.39, 0.29) is 12.4 Å². The number of benzene rings is 1. The van der Waals surface area contributed by atoms with Crippen LogP contribution in [-0.4, -0.2) is 19.8 Å². The Morgan fingerprint density at radius 2 is 1.55 bits per heavy atom. The molecule has 0 bridgehead atoms. The highest BCUT2D eigenvalue weighted by Crippen LogP contribution is 2.35. The van der Waals surface area contributed by atoms with E-state index >= 15 is 0 Å². The van der Waals surface area contributed by atoms with Gasteiger partial charge in [0.2, 0.25) is 5.75 Å². The Morgan fingerprint density at radius 3 is 2.27 bits per heavy atom. The molecule has 1 aromatic carbocycles. The molecule has 40 heavy (non-hydrogen) atoms. The molecule has 0 saturated carbocycles. The maximum atomic E-state index is 13.0. The molecule has 222 valence electrons. The summed E-state index contributed by atoms with van der Waals surface area (Å²) < 4.78 is 23.8. The molecule has 2 aromatic rings. The van der Waals surface area contributed by atoms with Crippen LogP contribution in [0.25, 0.3) is 11.0 Å². The fourth-order valence-electron chi connectivity index (χ4n) is 4.39. The van der Waals surface area contributed by atoms with Crippen LogP contribution in [0.1, 0.15) is 112 Å². The number of hydrogen-bond donors (Lipinski definition) is 0. The first-order chi connectivity index (χ1) is 19.5. The molecule has 1 heterocycles. The van der Waals surface area contributed by atoms with Crippen molar-refractivity contribution in [1.82, 2.24) is 0 Å². The molecule has 0 atom stereocenters. The van der Waals surface area contributed by atoms with Gasteiger partial charge < -0.3 is 18.6 Å². The highest BCUT2D eigenvalue weighted by molar-refractivity contribution is 5.86. The molecular weight excluding hydrogens is 500 g/mol. The van der Waals surface area contributed by atoms with Gasteiger partial charge >= 0.3 is 5.63 Å². The van der Waals surface area contributed by atoms with Gasteiger partial charge in [-0.15, -0.1) is 0 Å². The van der Waals surface area contributed by atoms with Crippen LogP contribution in [0.4, 0.5) is 0 Å². The third-order valence-corrected chi connectivity index (χ3v) is 6.74. The van der Waals surface area contributed by atoms with E-state index in [1.807, 2.05) is 18.2 Å². The molecule has 0 amide bonds. The Labute approximate surface area is 242 Å². The average molecular weight is 553 g/mol. The second kappa shape index (κ2) is 20.0. The molecule has 5 heteroatoms. The highest BCUT2D eigenvalue weighted by Gasteiger charge is 2.18. The van der Waals surface area contributed by atoms with Crippen LogP contribution in [0.5, 0.6) is 17.2 Å². The first-order valence-electron chi connectivity index (χ1n) is 15.4. The molecule has 5 nitrogen and oxygen atoms in total. The van der Waals surface area contributed by atoms with Crippen molar-refractivity contribution in [2.45, 2.75) is 112 Å². The second-order valence-electron chi connectivity index (χ2n) is 10.7. The summed E-state index contributed by atoms with van der Waals surface area (Å²) in [6.07, 6.45) is 22.0. The van der Waals surface area contributed by atoms with Crippen LogP contribution >= 0.6 is 0 Å². The van der Waals surface area contributed by atoms with Gasteiger partial charge in [0.25, 0.3) is 0 Å². The van der Waals surface area contributed by atoms with Crippen molar-refractivity contribution in [3.05, 3.63) is 64.1 Å². The SMILES string of the molecule is CCC=CCCOc1ccc2c(OCCCCCCCCCC)c(OCC=C(C)CCC=C(C)C)c(=O)oc2c1. The van der Waals surface area contributed by atoms with Gasteiger partial charge in [0.15, 0.2) is 5.75 Å². The van der Waals surface area contributed by atoms with Crippen LogP contribution < -0.4 is 19.8 Å². The predicted octanol–water partition coefficient (Wildman–Crippen LogP) is 10.1. The smallest absolute Gasteiger partial charge is 0.383 e. The van der Waals surface area contributed by atoms with Gasteiger partial charge in [-0.1, -0.05) is 88.2 Å². The fraction of sp³-hybridized carbons (Fsp3) is 0.571. The summed E-state index contributed by atoms with van der Waals surface area (Å²) >= 11 is 0. The standard InChI is InChI=1S/C35H52O5/c1-6-8-10-12-13-14-15-17-25-38-33-31-22-21-30(37-24-16-11-9-7-2)27-32(31)40-35(36)34(33)39-26-23-29(5)20-18-19-28(3)4/h9,11,19,21-23,27H,6-8,10,12-18,20,24-26H2,1-5H3. The van der Waals surface area contributed by atoms with Crippen molar-refractivity contribution in [3.8, 4) is 17.2 Å². The van der Waals surface area contributed by atoms with Gasteiger partial charge in [0.1, 0.15) is 17.9 Å². The predicted molar refractivity (Wildman–Crippen MR) is 168 cm³/mol. The molecule has 0 fully saturated rings. The van der Waals surface area contributed by atoms with Gasteiger partial charge in [0.05, 0.1) is 18.6 Å². The van der Waals surface area contributed by atoms with E-state index < -0.39 is 5.63 Å². The Hall–Kier alpha value is -2.95. The summed E-state index contributed by atoms with van der Waals surface area (Å²) in [7, 11) is 0. The molecule has 0 radical (unpaired) electrons. The lowest BCUT2D eigenvalue weighted by Gasteiger charge is -2.14. The monoisotopic (exact) mass is 552 g/mol. The zero-order chi connectivity index (χ0) is 29.0. The summed E-state index contributed by atoms with van der Waals surface area (Å²) in [5.74, 6) is 1.26.